The van der Waals surface area contributed by atoms with Gasteiger partial charge in [-0.05, 0) is 87.5 Å². The van der Waals surface area contributed by atoms with Crippen LogP contribution in [-0.2, 0) is 12.7 Å². The number of para-hydroxylation sites is 1. The molecule has 2 aromatic carbocycles. The van der Waals surface area contributed by atoms with Crippen molar-refractivity contribution in [3.63, 3.8) is 0 Å². The first-order chi connectivity index (χ1) is 18.8. The molecule has 0 aliphatic carbocycles. The molecule has 0 amide bonds. The van der Waals surface area contributed by atoms with Crippen LogP contribution in [0.4, 0.5) is 13.2 Å². The van der Waals surface area contributed by atoms with Gasteiger partial charge in [-0.3, -0.25) is 5.41 Å². The van der Waals surface area contributed by atoms with Gasteiger partial charge in [0.1, 0.15) is 5.75 Å². The van der Waals surface area contributed by atoms with Gasteiger partial charge in [0.2, 0.25) is 0 Å². The summed E-state index contributed by atoms with van der Waals surface area (Å²) >= 11 is 0. The lowest BCUT2D eigenvalue weighted by molar-refractivity contribution is -0.137. The molecule has 1 aliphatic rings. The quantitative estimate of drug-likeness (QED) is 0.113. The largest absolute Gasteiger partial charge is 0.494 e. The topological polar surface area (TPSA) is 65.6 Å². The molecule has 1 heterocycles. The van der Waals surface area contributed by atoms with Crippen LogP contribution in [0.5, 0.6) is 5.75 Å². The molecule has 41 heavy (non-hydrogen) atoms. The van der Waals surface area contributed by atoms with Crippen molar-refractivity contribution in [2.24, 2.45) is 11.7 Å². The summed E-state index contributed by atoms with van der Waals surface area (Å²) in [5.41, 5.74) is 5.81. The first-order valence-corrected chi connectivity index (χ1v) is 14.5. The van der Waals surface area contributed by atoms with Crippen LogP contribution in [0, 0.1) is 11.3 Å². The minimum atomic E-state index is -4.34. The lowest BCUT2D eigenvalue weighted by Crippen LogP contribution is -2.37. The number of hydrogen-bond acceptors (Lipinski definition) is 3. The van der Waals surface area contributed by atoms with Gasteiger partial charge in [-0.25, -0.2) is 0 Å². The number of likely N-dealkylation sites (tertiary alicyclic amines) is 1. The SMILES string of the molecule is Cl.Cl.N=C(N)N(CCCCC1CCN(CCCCCCCOc2ccccc2)CC1)Cc1ccc(C(F)(F)F)cc1. The van der Waals surface area contributed by atoms with Crippen LogP contribution in [0.25, 0.3) is 0 Å². The molecule has 0 radical (unpaired) electrons. The number of piperidine rings is 1. The summed E-state index contributed by atoms with van der Waals surface area (Å²) in [5, 5.41) is 7.85. The Kier molecular flexibility index (Phi) is 17.9. The number of nitrogens with two attached hydrogens (primary N) is 1. The number of halogens is 5. The van der Waals surface area contributed by atoms with E-state index in [2.05, 4.69) is 4.90 Å². The van der Waals surface area contributed by atoms with E-state index in [1.807, 2.05) is 30.3 Å². The van der Waals surface area contributed by atoms with Gasteiger partial charge in [0.05, 0.1) is 12.2 Å². The molecule has 0 spiro atoms. The van der Waals surface area contributed by atoms with Crippen LogP contribution in [0.15, 0.2) is 54.6 Å². The van der Waals surface area contributed by atoms with Crippen molar-refractivity contribution < 1.29 is 17.9 Å². The van der Waals surface area contributed by atoms with Gasteiger partial charge in [0.25, 0.3) is 0 Å². The van der Waals surface area contributed by atoms with E-state index < -0.39 is 11.7 Å². The van der Waals surface area contributed by atoms with Gasteiger partial charge < -0.3 is 20.3 Å². The minimum Gasteiger partial charge on any atom is -0.494 e. The second kappa shape index (κ2) is 19.9. The third-order valence-electron chi connectivity index (χ3n) is 7.62. The average molecular weight is 620 g/mol. The normalized spacial score (nSPS) is 14.1. The molecule has 1 aliphatic heterocycles. The highest BCUT2D eigenvalue weighted by molar-refractivity contribution is 5.85. The van der Waals surface area contributed by atoms with Crippen molar-refractivity contribution in [1.82, 2.24) is 9.80 Å². The molecule has 3 N–H and O–H groups in total. The molecule has 0 bridgehead atoms. The van der Waals surface area contributed by atoms with Crippen molar-refractivity contribution in [3.8, 4) is 5.75 Å². The monoisotopic (exact) mass is 618 g/mol. The van der Waals surface area contributed by atoms with Crippen LogP contribution in [0.1, 0.15) is 75.3 Å². The fourth-order valence-electron chi connectivity index (χ4n) is 5.21. The average Bonchev–Trinajstić information content (AvgIpc) is 2.93. The molecule has 1 saturated heterocycles. The fourth-order valence-corrected chi connectivity index (χ4v) is 5.21. The molecule has 2 aromatic rings. The van der Waals surface area contributed by atoms with Gasteiger partial charge in [0.15, 0.2) is 5.96 Å². The maximum atomic E-state index is 12.8. The summed E-state index contributed by atoms with van der Waals surface area (Å²) in [6.45, 7) is 5.36. The summed E-state index contributed by atoms with van der Waals surface area (Å²) in [4.78, 5) is 4.35. The Bertz CT molecular complexity index is 956. The fraction of sp³-hybridized carbons (Fsp3) is 0.581. The van der Waals surface area contributed by atoms with Crippen LogP contribution in [0.2, 0.25) is 0 Å². The Morgan fingerprint density at radius 1 is 0.878 bits per heavy atom. The summed E-state index contributed by atoms with van der Waals surface area (Å²) < 4.78 is 44.1. The number of alkyl halides is 3. The summed E-state index contributed by atoms with van der Waals surface area (Å²) in [6, 6.07) is 15.1. The van der Waals surface area contributed by atoms with E-state index in [0.717, 1.165) is 55.2 Å². The zero-order valence-electron chi connectivity index (χ0n) is 23.9. The summed E-state index contributed by atoms with van der Waals surface area (Å²) in [5.74, 6) is 1.67. The number of benzene rings is 2. The number of unbranched alkanes of at least 4 members (excludes halogenated alkanes) is 5. The van der Waals surface area contributed by atoms with E-state index in [0.29, 0.717) is 13.1 Å². The maximum absolute atomic E-state index is 12.8. The van der Waals surface area contributed by atoms with E-state index in [4.69, 9.17) is 15.9 Å². The number of nitrogens with zero attached hydrogens (tertiary/aromatic N) is 2. The Labute approximate surface area is 256 Å². The highest BCUT2D eigenvalue weighted by Crippen LogP contribution is 2.29. The lowest BCUT2D eigenvalue weighted by atomic mass is 9.91. The van der Waals surface area contributed by atoms with Crippen molar-refractivity contribution in [1.29, 1.82) is 5.41 Å². The Morgan fingerprint density at radius 3 is 2.15 bits per heavy atom. The summed E-state index contributed by atoms with van der Waals surface area (Å²) in [6.07, 6.45) is 7.50. The second-order valence-electron chi connectivity index (χ2n) is 10.7. The molecule has 5 nitrogen and oxygen atoms in total. The number of ether oxygens (including phenoxy) is 1. The number of nitrogens with one attached hydrogen (secondary N) is 1. The van der Waals surface area contributed by atoms with E-state index in [-0.39, 0.29) is 30.8 Å². The van der Waals surface area contributed by atoms with Gasteiger partial charge in [-0.2, -0.15) is 13.2 Å². The Hall–Kier alpha value is -2.16. The first-order valence-electron chi connectivity index (χ1n) is 14.5. The highest BCUT2D eigenvalue weighted by Gasteiger charge is 2.30. The Morgan fingerprint density at radius 2 is 1.51 bits per heavy atom. The number of rotatable bonds is 16. The molecule has 1 fully saturated rings. The van der Waals surface area contributed by atoms with Crippen LogP contribution < -0.4 is 10.5 Å². The highest BCUT2D eigenvalue weighted by atomic mass is 35.5. The van der Waals surface area contributed by atoms with Gasteiger partial charge in [0, 0.05) is 13.1 Å². The lowest BCUT2D eigenvalue weighted by Gasteiger charge is -2.32. The van der Waals surface area contributed by atoms with E-state index in [9.17, 15) is 13.2 Å². The molecular weight excluding hydrogens is 572 g/mol. The smallest absolute Gasteiger partial charge is 0.416 e. The first kappa shape index (κ1) is 36.9. The second-order valence-corrected chi connectivity index (χ2v) is 10.7. The molecule has 232 valence electrons. The van der Waals surface area contributed by atoms with Gasteiger partial charge in [-0.15, -0.1) is 24.8 Å². The third kappa shape index (κ3) is 14.5. The van der Waals surface area contributed by atoms with Gasteiger partial charge >= 0.3 is 6.18 Å². The van der Waals surface area contributed by atoms with Crippen LogP contribution in [0.3, 0.4) is 0 Å². The summed E-state index contributed by atoms with van der Waals surface area (Å²) in [7, 11) is 0. The molecule has 0 unspecified atom stereocenters. The molecule has 0 saturated carbocycles. The van der Waals surface area contributed by atoms with E-state index >= 15 is 0 Å². The van der Waals surface area contributed by atoms with Crippen molar-refractivity contribution >= 4 is 30.8 Å². The van der Waals surface area contributed by atoms with Crippen molar-refractivity contribution in [2.75, 3.05) is 32.8 Å². The molecule has 10 heteroatoms. The third-order valence-corrected chi connectivity index (χ3v) is 7.62. The number of hydrogen-bond donors (Lipinski definition) is 2. The zero-order valence-corrected chi connectivity index (χ0v) is 25.6. The van der Waals surface area contributed by atoms with E-state index in [1.165, 1.54) is 76.7 Å². The molecule has 0 aromatic heterocycles. The van der Waals surface area contributed by atoms with Crippen LogP contribution in [-0.4, -0.2) is 48.5 Å². The molecular formula is C31H47Cl2F3N4O. The predicted molar refractivity (Wildman–Crippen MR) is 166 cm³/mol. The van der Waals surface area contributed by atoms with Crippen molar-refractivity contribution in [2.45, 2.75) is 76.9 Å². The number of guanidine groups is 1. The van der Waals surface area contributed by atoms with E-state index in [1.54, 1.807) is 4.90 Å². The minimum absolute atomic E-state index is 0. The van der Waals surface area contributed by atoms with Crippen molar-refractivity contribution in [3.05, 3.63) is 65.7 Å². The Balaban J connectivity index is 0.00000420. The maximum Gasteiger partial charge on any atom is 0.416 e. The van der Waals surface area contributed by atoms with Gasteiger partial charge in [-0.1, -0.05) is 62.4 Å². The van der Waals surface area contributed by atoms with Crippen LogP contribution >= 0.6 is 24.8 Å². The molecule has 0 atom stereocenters. The predicted octanol–water partition coefficient (Wildman–Crippen LogP) is 8.16. The molecule has 3 rings (SSSR count). The zero-order chi connectivity index (χ0) is 27.9. The standard InChI is InChI=1S/C31H45F3N4O.2ClH/c32-31(33,34)28-16-14-27(15-17-28)25-38(30(35)36)21-9-7-11-26-18-22-37(23-19-26)20-8-2-1-3-10-24-39-29-12-5-4-6-13-29;;/h4-6,12-17,26H,1-3,7-11,18-25H2,(H3,35,36);2*1H.